The van der Waals surface area contributed by atoms with E-state index in [4.69, 9.17) is 0 Å². The summed E-state index contributed by atoms with van der Waals surface area (Å²) in [5.74, 6) is 0.939. The van der Waals surface area contributed by atoms with Crippen LogP contribution in [0.5, 0.6) is 0 Å². The fourth-order valence-corrected chi connectivity index (χ4v) is 3.30. The molecule has 0 saturated carbocycles. The summed E-state index contributed by atoms with van der Waals surface area (Å²) in [6, 6.07) is 8.97. The van der Waals surface area contributed by atoms with E-state index in [0.29, 0.717) is 0 Å². The van der Waals surface area contributed by atoms with E-state index >= 15 is 0 Å². The van der Waals surface area contributed by atoms with Crippen LogP contribution in [0.3, 0.4) is 0 Å². The van der Waals surface area contributed by atoms with Crippen LogP contribution in [0.2, 0.25) is 0 Å². The number of hydrogen-bond acceptors (Lipinski definition) is 2. The van der Waals surface area contributed by atoms with E-state index in [-0.39, 0.29) is 0 Å². The smallest absolute Gasteiger partial charge is 0.0236 e. The molecule has 1 saturated heterocycles. The molecule has 1 heterocycles. The second-order valence-electron chi connectivity index (χ2n) is 6.05. The molecule has 1 N–H and O–H groups in total. The average molecular weight is 274 g/mol. The lowest BCUT2D eigenvalue weighted by Gasteiger charge is -2.18. The second kappa shape index (κ2) is 8.43. The molecule has 0 amide bonds. The molecule has 1 aromatic rings. The van der Waals surface area contributed by atoms with Crippen molar-refractivity contribution in [1.82, 2.24) is 10.2 Å². The normalized spacial score (nSPS) is 19.6. The third-order valence-corrected chi connectivity index (χ3v) is 4.40. The van der Waals surface area contributed by atoms with Crippen LogP contribution in [0.25, 0.3) is 0 Å². The van der Waals surface area contributed by atoms with Crippen LogP contribution >= 0.6 is 0 Å². The maximum atomic E-state index is 3.43. The van der Waals surface area contributed by atoms with Gasteiger partial charge in [-0.2, -0.15) is 0 Å². The minimum atomic E-state index is 0.939. The third kappa shape index (κ3) is 4.60. The summed E-state index contributed by atoms with van der Waals surface area (Å²) in [6.07, 6.45) is 5.28. The maximum Gasteiger partial charge on any atom is 0.0236 e. The SMILES string of the molecule is CCCC1CCN(Cc2ccccc2CCNCC)C1. The number of likely N-dealkylation sites (tertiary alicyclic amines) is 1. The predicted octanol–water partition coefficient (Wildman–Crippen LogP) is 3.46. The summed E-state index contributed by atoms with van der Waals surface area (Å²) >= 11 is 0. The van der Waals surface area contributed by atoms with Crippen molar-refractivity contribution >= 4 is 0 Å². The van der Waals surface area contributed by atoms with E-state index in [0.717, 1.165) is 32.0 Å². The quantitative estimate of drug-likeness (QED) is 0.730. The molecule has 0 aliphatic carbocycles. The minimum Gasteiger partial charge on any atom is -0.317 e. The molecule has 0 radical (unpaired) electrons. The molecule has 2 nitrogen and oxygen atoms in total. The number of rotatable bonds is 8. The standard InChI is InChI=1S/C18H30N2/c1-3-7-16-11-13-20(14-16)15-18-9-6-5-8-17(18)10-12-19-4-2/h5-6,8-9,16,19H,3-4,7,10-15H2,1-2H3. The molecule has 2 heteroatoms. The summed E-state index contributed by atoms with van der Waals surface area (Å²) in [7, 11) is 0. The summed E-state index contributed by atoms with van der Waals surface area (Å²) < 4.78 is 0. The highest BCUT2D eigenvalue weighted by molar-refractivity contribution is 5.27. The highest BCUT2D eigenvalue weighted by Crippen LogP contribution is 2.23. The number of benzene rings is 1. The topological polar surface area (TPSA) is 15.3 Å². The zero-order valence-electron chi connectivity index (χ0n) is 13.2. The summed E-state index contributed by atoms with van der Waals surface area (Å²) in [6.45, 7) is 10.4. The Labute approximate surface area is 124 Å². The van der Waals surface area contributed by atoms with Crippen LogP contribution in [0, 0.1) is 5.92 Å². The van der Waals surface area contributed by atoms with Crippen molar-refractivity contribution in [3.8, 4) is 0 Å². The Balaban J connectivity index is 1.89. The second-order valence-corrected chi connectivity index (χ2v) is 6.05. The van der Waals surface area contributed by atoms with Gasteiger partial charge in [0, 0.05) is 13.1 Å². The van der Waals surface area contributed by atoms with Crippen molar-refractivity contribution in [3.63, 3.8) is 0 Å². The number of nitrogens with one attached hydrogen (secondary N) is 1. The highest BCUT2D eigenvalue weighted by atomic mass is 15.1. The molecule has 112 valence electrons. The van der Waals surface area contributed by atoms with Crippen LogP contribution in [-0.2, 0) is 13.0 Å². The van der Waals surface area contributed by atoms with Gasteiger partial charge >= 0.3 is 0 Å². The first-order chi connectivity index (χ1) is 9.83. The fourth-order valence-electron chi connectivity index (χ4n) is 3.30. The van der Waals surface area contributed by atoms with Gasteiger partial charge in [0.1, 0.15) is 0 Å². The molecular weight excluding hydrogens is 244 g/mol. The van der Waals surface area contributed by atoms with Gasteiger partial charge < -0.3 is 5.32 Å². The molecule has 0 aromatic heterocycles. The Kier molecular flexibility index (Phi) is 6.55. The van der Waals surface area contributed by atoms with Gasteiger partial charge in [-0.25, -0.2) is 0 Å². The van der Waals surface area contributed by atoms with Gasteiger partial charge in [-0.3, -0.25) is 4.90 Å². The monoisotopic (exact) mass is 274 g/mol. The molecule has 0 bridgehead atoms. The molecule has 2 rings (SSSR count). The molecule has 1 aliphatic rings. The molecule has 20 heavy (non-hydrogen) atoms. The molecule has 0 spiro atoms. The largest absolute Gasteiger partial charge is 0.317 e. The van der Waals surface area contributed by atoms with Gasteiger partial charge in [-0.1, -0.05) is 44.5 Å². The molecular formula is C18H30N2. The molecule has 1 aromatic carbocycles. The Bertz CT molecular complexity index is 389. The summed E-state index contributed by atoms with van der Waals surface area (Å²) in [5, 5.41) is 3.43. The van der Waals surface area contributed by atoms with Gasteiger partial charge in [0.15, 0.2) is 0 Å². The minimum absolute atomic E-state index is 0.939. The fraction of sp³-hybridized carbons (Fsp3) is 0.667. The van der Waals surface area contributed by atoms with Crippen molar-refractivity contribution < 1.29 is 0 Å². The Hall–Kier alpha value is -0.860. The van der Waals surface area contributed by atoms with Crippen molar-refractivity contribution in [2.45, 2.75) is 46.1 Å². The summed E-state index contributed by atoms with van der Waals surface area (Å²) in [4.78, 5) is 2.65. The van der Waals surface area contributed by atoms with E-state index in [1.54, 1.807) is 0 Å². The Morgan fingerprint density at radius 1 is 1.20 bits per heavy atom. The number of likely N-dealkylation sites (N-methyl/N-ethyl adjacent to an activating group) is 1. The highest BCUT2D eigenvalue weighted by Gasteiger charge is 2.21. The third-order valence-electron chi connectivity index (χ3n) is 4.40. The number of hydrogen-bond donors (Lipinski definition) is 1. The van der Waals surface area contributed by atoms with Gasteiger partial charge in [0.2, 0.25) is 0 Å². The average Bonchev–Trinajstić information content (AvgIpc) is 2.89. The predicted molar refractivity (Wildman–Crippen MR) is 87.0 cm³/mol. The van der Waals surface area contributed by atoms with Gasteiger partial charge in [0.05, 0.1) is 0 Å². The van der Waals surface area contributed by atoms with E-state index in [1.807, 2.05) is 0 Å². The van der Waals surface area contributed by atoms with Crippen molar-refractivity contribution in [3.05, 3.63) is 35.4 Å². The maximum absolute atomic E-state index is 3.43. The lowest BCUT2D eigenvalue weighted by Crippen LogP contribution is -2.22. The Morgan fingerprint density at radius 2 is 2.00 bits per heavy atom. The van der Waals surface area contributed by atoms with Crippen LogP contribution in [0.1, 0.15) is 44.2 Å². The molecule has 1 unspecified atom stereocenters. The molecule has 1 aliphatic heterocycles. The van der Waals surface area contributed by atoms with Crippen molar-refractivity contribution in [2.75, 3.05) is 26.2 Å². The van der Waals surface area contributed by atoms with E-state index < -0.39 is 0 Å². The zero-order valence-corrected chi connectivity index (χ0v) is 13.2. The first-order valence-electron chi connectivity index (χ1n) is 8.33. The van der Waals surface area contributed by atoms with Gasteiger partial charge in [-0.05, 0) is 55.9 Å². The first kappa shape index (κ1) is 15.5. The van der Waals surface area contributed by atoms with Crippen molar-refractivity contribution in [2.24, 2.45) is 5.92 Å². The number of nitrogens with zero attached hydrogens (tertiary/aromatic N) is 1. The van der Waals surface area contributed by atoms with Gasteiger partial charge in [-0.15, -0.1) is 0 Å². The van der Waals surface area contributed by atoms with Crippen LogP contribution in [-0.4, -0.2) is 31.1 Å². The van der Waals surface area contributed by atoms with E-state index in [1.165, 1.54) is 43.5 Å². The van der Waals surface area contributed by atoms with E-state index in [9.17, 15) is 0 Å². The zero-order chi connectivity index (χ0) is 14.2. The Morgan fingerprint density at radius 3 is 2.75 bits per heavy atom. The molecule has 1 fully saturated rings. The van der Waals surface area contributed by atoms with Crippen LogP contribution < -0.4 is 5.32 Å². The lowest BCUT2D eigenvalue weighted by atomic mass is 10.0. The first-order valence-corrected chi connectivity index (χ1v) is 8.33. The molecule has 1 atom stereocenters. The van der Waals surface area contributed by atoms with Crippen LogP contribution in [0.4, 0.5) is 0 Å². The van der Waals surface area contributed by atoms with E-state index in [2.05, 4.69) is 48.3 Å². The lowest BCUT2D eigenvalue weighted by molar-refractivity contribution is 0.312. The summed E-state index contributed by atoms with van der Waals surface area (Å²) in [5.41, 5.74) is 3.05. The van der Waals surface area contributed by atoms with Crippen molar-refractivity contribution in [1.29, 1.82) is 0 Å². The van der Waals surface area contributed by atoms with Crippen LogP contribution in [0.15, 0.2) is 24.3 Å². The van der Waals surface area contributed by atoms with Gasteiger partial charge in [0.25, 0.3) is 0 Å².